The molecule has 5 rings (SSSR count). The number of hydrogen-bond acceptors (Lipinski definition) is 8. The number of hydrogen-bond donors (Lipinski definition) is 0. The summed E-state index contributed by atoms with van der Waals surface area (Å²) in [4.78, 5) is 30.7. The number of furan rings is 1. The van der Waals surface area contributed by atoms with Crippen molar-refractivity contribution in [3.05, 3.63) is 99.3 Å². The predicted molar refractivity (Wildman–Crippen MR) is 170 cm³/mol. The Bertz CT molecular complexity index is 1910. The van der Waals surface area contributed by atoms with Gasteiger partial charge in [-0.1, -0.05) is 34.1 Å². The Kier molecular flexibility index (Phi) is 9.06. The first kappa shape index (κ1) is 29.8. The maximum absolute atomic E-state index is 13.7. The van der Waals surface area contributed by atoms with Gasteiger partial charge >= 0.3 is 5.97 Å². The van der Waals surface area contributed by atoms with Gasteiger partial charge in [-0.05, 0) is 81.3 Å². The lowest BCUT2D eigenvalue weighted by Crippen LogP contribution is -2.26. The van der Waals surface area contributed by atoms with Crippen molar-refractivity contribution in [2.45, 2.75) is 33.3 Å². The monoisotopic (exact) mass is 643 g/mol. The second-order valence-corrected chi connectivity index (χ2v) is 10.5. The first-order valence-electron chi connectivity index (χ1n) is 13.8. The average molecular weight is 645 g/mol. The highest BCUT2D eigenvalue weighted by Gasteiger charge is 2.22. The highest BCUT2D eigenvalue weighted by Crippen LogP contribution is 2.35. The number of allylic oxidation sites excluding steroid dienone is 1. The van der Waals surface area contributed by atoms with Gasteiger partial charge in [0.15, 0.2) is 23.4 Å². The first-order valence-corrected chi connectivity index (χ1v) is 14.6. The topological polar surface area (TPSA) is 105 Å². The van der Waals surface area contributed by atoms with Crippen LogP contribution in [0.3, 0.4) is 0 Å². The molecule has 220 valence electrons. The van der Waals surface area contributed by atoms with Gasteiger partial charge in [0, 0.05) is 15.4 Å². The third-order valence-corrected chi connectivity index (χ3v) is 7.00. The van der Waals surface area contributed by atoms with Gasteiger partial charge in [0.1, 0.15) is 5.58 Å². The molecule has 0 unspecified atom stereocenters. The molecule has 10 heteroatoms. The lowest BCUT2D eigenvalue weighted by molar-refractivity contribution is -0.150. The molecule has 0 bridgehead atoms. The summed E-state index contributed by atoms with van der Waals surface area (Å²) in [7, 11) is 0. The van der Waals surface area contributed by atoms with Crippen LogP contribution in [0.5, 0.6) is 11.5 Å². The number of benzene rings is 3. The molecule has 0 fully saturated rings. The van der Waals surface area contributed by atoms with Crippen molar-refractivity contribution in [2.24, 2.45) is 5.10 Å². The lowest BCUT2D eigenvalue weighted by Gasteiger charge is -2.20. The number of rotatable bonds is 11. The molecule has 9 nitrogen and oxygen atoms in total. The maximum Gasteiger partial charge on any atom is 0.347 e. The van der Waals surface area contributed by atoms with Crippen LogP contribution in [0, 0.1) is 0 Å². The van der Waals surface area contributed by atoms with Gasteiger partial charge in [-0.3, -0.25) is 4.79 Å². The van der Waals surface area contributed by atoms with E-state index in [1.54, 1.807) is 50.4 Å². The third-order valence-electron chi connectivity index (χ3n) is 6.51. The number of esters is 1. The SMILES string of the molecule is C=CCc1cc(C=Nn2c(-c3cc4cc(Br)ccc4o3)nc3ccccc3c2=O)cc(OCC)c1O[C@H](C)C(=O)OCC. The van der Waals surface area contributed by atoms with Crippen molar-refractivity contribution < 1.29 is 23.4 Å². The zero-order valence-electron chi connectivity index (χ0n) is 24.0. The molecule has 0 N–H and O–H groups in total. The van der Waals surface area contributed by atoms with E-state index in [-0.39, 0.29) is 18.0 Å². The molecular weight excluding hydrogens is 614 g/mol. The highest BCUT2D eigenvalue weighted by atomic mass is 79.9. The van der Waals surface area contributed by atoms with Gasteiger partial charge in [-0.2, -0.15) is 9.78 Å². The van der Waals surface area contributed by atoms with Crippen LogP contribution in [0.15, 0.2) is 92.1 Å². The molecule has 43 heavy (non-hydrogen) atoms. The summed E-state index contributed by atoms with van der Waals surface area (Å²) in [5, 5.41) is 5.86. The van der Waals surface area contributed by atoms with E-state index in [2.05, 4.69) is 27.6 Å². The fourth-order valence-electron chi connectivity index (χ4n) is 4.59. The summed E-state index contributed by atoms with van der Waals surface area (Å²) in [5.74, 6) is 1.01. The molecule has 0 saturated carbocycles. The summed E-state index contributed by atoms with van der Waals surface area (Å²) in [6, 6.07) is 18.2. The van der Waals surface area contributed by atoms with E-state index < -0.39 is 12.1 Å². The molecule has 0 aliphatic carbocycles. The summed E-state index contributed by atoms with van der Waals surface area (Å²) in [6.07, 6.45) is 2.86. The number of fused-ring (bicyclic) bond motifs is 2. The smallest absolute Gasteiger partial charge is 0.347 e. The standard InChI is InChI=1S/C33H30BrN3O6/c1-5-10-22-15-21(16-28(40-6-2)30(22)42-20(4)33(39)41-7-3)19-35-37-31(36-26-12-9-8-11-25(26)32(37)38)29-18-23-17-24(34)13-14-27(23)43-29/h5,8-9,11-20H,1,6-7,10H2,2-4H3/t20-/m1/s1. The molecule has 1 atom stereocenters. The molecule has 3 aromatic carbocycles. The molecule has 0 aliphatic rings. The van der Waals surface area contributed by atoms with Crippen LogP contribution in [-0.4, -0.2) is 41.2 Å². The molecule has 0 saturated heterocycles. The second kappa shape index (κ2) is 13.1. The summed E-state index contributed by atoms with van der Waals surface area (Å²) in [6.45, 7) is 9.68. The first-order chi connectivity index (χ1) is 20.8. The minimum Gasteiger partial charge on any atom is -0.490 e. The van der Waals surface area contributed by atoms with Gasteiger partial charge in [-0.25, -0.2) is 9.78 Å². The van der Waals surface area contributed by atoms with Gasteiger partial charge in [0.2, 0.25) is 5.82 Å². The quantitative estimate of drug-likeness (QED) is 0.0874. The summed E-state index contributed by atoms with van der Waals surface area (Å²) < 4.78 is 25.3. The van der Waals surface area contributed by atoms with Crippen molar-refractivity contribution in [1.29, 1.82) is 0 Å². The number of aromatic nitrogens is 2. The molecule has 5 aromatic rings. The number of carbonyl (C=O) groups excluding carboxylic acids is 1. The van der Waals surface area contributed by atoms with Crippen LogP contribution in [0.2, 0.25) is 0 Å². The van der Waals surface area contributed by atoms with E-state index >= 15 is 0 Å². The van der Waals surface area contributed by atoms with Crippen LogP contribution in [0.4, 0.5) is 0 Å². The van der Waals surface area contributed by atoms with Gasteiger partial charge in [-0.15, -0.1) is 6.58 Å². The molecule has 2 aromatic heterocycles. The molecule has 0 aliphatic heterocycles. The minimum atomic E-state index is -0.850. The van der Waals surface area contributed by atoms with E-state index in [0.717, 1.165) is 15.4 Å². The molecule has 0 amide bonds. The molecular formula is C33H30BrN3O6. The predicted octanol–water partition coefficient (Wildman–Crippen LogP) is 6.91. The van der Waals surface area contributed by atoms with Gasteiger partial charge < -0.3 is 18.6 Å². The normalized spacial score (nSPS) is 12.1. The number of carbonyl (C=O) groups is 1. The zero-order chi connectivity index (χ0) is 30.5. The van der Waals surface area contributed by atoms with Crippen LogP contribution in [0.1, 0.15) is 31.9 Å². The largest absolute Gasteiger partial charge is 0.490 e. The number of halogens is 1. The van der Waals surface area contributed by atoms with Gasteiger partial charge in [0.25, 0.3) is 5.56 Å². The molecule has 0 spiro atoms. The number of ether oxygens (including phenoxy) is 3. The fourth-order valence-corrected chi connectivity index (χ4v) is 4.96. The van der Waals surface area contributed by atoms with Crippen molar-refractivity contribution in [3.8, 4) is 23.1 Å². The fraction of sp³-hybridized carbons (Fsp3) is 0.212. The van der Waals surface area contributed by atoms with Crippen LogP contribution in [0.25, 0.3) is 33.5 Å². The van der Waals surface area contributed by atoms with E-state index in [0.29, 0.717) is 52.3 Å². The number of para-hydroxylation sites is 1. The molecule has 2 heterocycles. The van der Waals surface area contributed by atoms with Crippen molar-refractivity contribution in [3.63, 3.8) is 0 Å². The highest BCUT2D eigenvalue weighted by molar-refractivity contribution is 9.10. The summed E-state index contributed by atoms with van der Waals surface area (Å²) >= 11 is 3.49. The van der Waals surface area contributed by atoms with Crippen molar-refractivity contribution in [2.75, 3.05) is 13.2 Å². The Balaban J connectivity index is 1.62. The minimum absolute atomic E-state index is 0.246. The van der Waals surface area contributed by atoms with E-state index in [9.17, 15) is 9.59 Å². The van der Waals surface area contributed by atoms with E-state index in [1.807, 2.05) is 43.3 Å². The zero-order valence-corrected chi connectivity index (χ0v) is 25.6. The van der Waals surface area contributed by atoms with Crippen LogP contribution < -0.4 is 15.0 Å². The Morgan fingerprint density at radius 2 is 1.95 bits per heavy atom. The van der Waals surface area contributed by atoms with Crippen molar-refractivity contribution >= 4 is 50.0 Å². The average Bonchev–Trinajstić information content (AvgIpc) is 3.41. The number of nitrogens with zero attached hydrogens (tertiary/aromatic N) is 3. The van der Waals surface area contributed by atoms with Crippen molar-refractivity contribution in [1.82, 2.24) is 9.66 Å². The summed E-state index contributed by atoms with van der Waals surface area (Å²) in [5.41, 5.74) is 2.19. The third kappa shape index (κ3) is 6.39. The van der Waals surface area contributed by atoms with Crippen LogP contribution in [-0.2, 0) is 16.0 Å². The Morgan fingerprint density at radius 1 is 1.14 bits per heavy atom. The van der Waals surface area contributed by atoms with Crippen LogP contribution >= 0.6 is 15.9 Å². The second-order valence-electron chi connectivity index (χ2n) is 9.55. The van der Waals surface area contributed by atoms with Gasteiger partial charge in [0.05, 0.1) is 30.3 Å². The van der Waals surface area contributed by atoms with E-state index in [4.69, 9.17) is 23.6 Å². The molecule has 0 radical (unpaired) electrons. The Labute approximate surface area is 256 Å². The lowest BCUT2D eigenvalue weighted by atomic mass is 10.1. The Morgan fingerprint density at radius 3 is 2.72 bits per heavy atom. The Hall–Kier alpha value is -4.70. The van der Waals surface area contributed by atoms with E-state index in [1.165, 1.54) is 4.68 Å². The maximum atomic E-state index is 13.7.